The summed E-state index contributed by atoms with van der Waals surface area (Å²) in [4.78, 5) is 14.0. The van der Waals surface area contributed by atoms with E-state index in [1.807, 2.05) is 0 Å². The van der Waals surface area contributed by atoms with Gasteiger partial charge >= 0.3 is 0 Å². The summed E-state index contributed by atoms with van der Waals surface area (Å²) in [6, 6.07) is 0. The number of aromatic nitrogens is 2. The minimum Gasteiger partial charge on any atom is -0.354 e. The maximum absolute atomic E-state index is 5.64. The van der Waals surface area contributed by atoms with Crippen molar-refractivity contribution in [3.63, 3.8) is 0 Å². The van der Waals surface area contributed by atoms with Gasteiger partial charge in [0.05, 0.1) is 0 Å². The van der Waals surface area contributed by atoms with E-state index in [1.165, 1.54) is 36.3 Å². The number of fused-ring (bicyclic) bond motifs is 1. The van der Waals surface area contributed by atoms with Gasteiger partial charge in [-0.15, -0.1) is 0 Å². The number of nitrogens with two attached hydrogens (primary N) is 1. The van der Waals surface area contributed by atoms with Gasteiger partial charge in [0, 0.05) is 50.5 Å². The number of hydrogen-bond donors (Lipinski definition) is 1. The third-order valence-corrected chi connectivity index (χ3v) is 4.47. The van der Waals surface area contributed by atoms with Crippen molar-refractivity contribution >= 4 is 5.82 Å². The molecule has 1 aromatic heterocycles. The smallest absolute Gasteiger partial charge is 0.135 e. The van der Waals surface area contributed by atoms with Gasteiger partial charge in [-0.25, -0.2) is 9.97 Å². The highest BCUT2D eigenvalue weighted by atomic mass is 15.3. The van der Waals surface area contributed by atoms with Crippen molar-refractivity contribution in [2.24, 2.45) is 5.73 Å². The standard InChI is InChI=1S/C15H25N5/c16-6-7-19-8-10-20(11-9-19)15-13-4-2-1-3-5-14(13)17-12-18-15/h12H,1-11,16H2. The first kappa shape index (κ1) is 13.8. The molecule has 1 aromatic rings. The number of rotatable bonds is 3. The average Bonchev–Trinajstić information content (AvgIpc) is 2.73. The van der Waals surface area contributed by atoms with E-state index in [9.17, 15) is 0 Å². The second-order valence-electron chi connectivity index (χ2n) is 5.80. The Kier molecular flexibility index (Phi) is 4.47. The highest BCUT2D eigenvalue weighted by Crippen LogP contribution is 2.27. The van der Waals surface area contributed by atoms with Crippen LogP contribution in [-0.4, -0.2) is 54.1 Å². The maximum Gasteiger partial charge on any atom is 0.135 e. The van der Waals surface area contributed by atoms with Crippen molar-refractivity contribution in [3.8, 4) is 0 Å². The molecular formula is C15H25N5. The monoisotopic (exact) mass is 275 g/mol. The molecule has 0 spiro atoms. The minimum atomic E-state index is 0.753. The predicted molar refractivity (Wildman–Crippen MR) is 81.0 cm³/mol. The van der Waals surface area contributed by atoms with Gasteiger partial charge in [0.15, 0.2) is 0 Å². The van der Waals surface area contributed by atoms with Gasteiger partial charge in [-0.3, -0.25) is 4.90 Å². The van der Waals surface area contributed by atoms with E-state index in [4.69, 9.17) is 5.73 Å². The topological polar surface area (TPSA) is 58.3 Å². The second kappa shape index (κ2) is 6.50. The van der Waals surface area contributed by atoms with Crippen LogP contribution >= 0.6 is 0 Å². The van der Waals surface area contributed by atoms with Crippen molar-refractivity contribution in [1.82, 2.24) is 14.9 Å². The molecule has 0 saturated carbocycles. The number of piperazine rings is 1. The molecule has 1 aliphatic heterocycles. The van der Waals surface area contributed by atoms with Gasteiger partial charge < -0.3 is 10.6 Å². The number of hydrogen-bond acceptors (Lipinski definition) is 5. The normalized spacial score (nSPS) is 20.6. The fourth-order valence-electron chi connectivity index (χ4n) is 3.32. The second-order valence-corrected chi connectivity index (χ2v) is 5.80. The number of anilines is 1. The quantitative estimate of drug-likeness (QED) is 0.828. The third-order valence-electron chi connectivity index (χ3n) is 4.47. The molecule has 2 heterocycles. The lowest BCUT2D eigenvalue weighted by atomic mass is 10.1. The summed E-state index contributed by atoms with van der Waals surface area (Å²) < 4.78 is 0. The molecule has 110 valence electrons. The first-order chi connectivity index (χ1) is 9.88. The van der Waals surface area contributed by atoms with Crippen LogP contribution in [0.3, 0.4) is 0 Å². The fourth-order valence-corrected chi connectivity index (χ4v) is 3.32. The molecule has 0 unspecified atom stereocenters. The first-order valence-corrected chi connectivity index (χ1v) is 7.88. The molecule has 5 heteroatoms. The van der Waals surface area contributed by atoms with Gasteiger partial charge in [-0.2, -0.15) is 0 Å². The summed E-state index contributed by atoms with van der Waals surface area (Å²) >= 11 is 0. The van der Waals surface area contributed by atoms with Crippen LogP contribution in [0.2, 0.25) is 0 Å². The third kappa shape index (κ3) is 2.94. The van der Waals surface area contributed by atoms with Gasteiger partial charge in [0.1, 0.15) is 12.1 Å². The first-order valence-electron chi connectivity index (χ1n) is 7.88. The van der Waals surface area contributed by atoms with E-state index in [2.05, 4.69) is 19.8 Å². The molecule has 20 heavy (non-hydrogen) atoms. The molecule has 0 aromatic carbocycles. The molecule has 3 rings (SSSR count). The molecule has 0 amide bonds. The zero-order valence-electron chi connectivity index (χ0n) is 12.2. The Morgan fingerprint density at radius 2 is 1.80 bits per heavy atom. The van der Waals surface area contributed by atoms with Crippen LogP contribution in [0.4, 0.5) is 5.82 Å². The van der Waals surface area contributed by atoms with Crippen LogP contribution in [0.25, 0.3) is 0 Å². The summed E-state index contributed by atoms with van der Waals surface area (Å²) in [6.45, 7) is 6.07. The van der Waals surface area contributed by atoms with Crippen LogP contribution in [0.5, 0.6) is 0 Å². The lowest BCUT2D eigenvalue weighted by Crippen LogP contribution is -2.48. The molecule has 1 saturated heterocycles. The van der Waals surface area contributed by atoms with Gasteiger partial charge in [0.2, 0.25) is 0 Å². The van der Waals surface area contributed by atoms with Gasteiger partial charge in [-0.05, 0) is 25.7 Å². The zero-order valence-corrected chi connectivity index (χ0v) is 12.2. The number of aryl methyl sites for hydroxylation is 1. The summed E-state index contributed by atoms with van der Waals surface area (Å²) in [6.07, 6.45) is 7.90. The Labute approximate surface area is 121 Å². The Bertz CT molecular complexity index is 440. The molecule has 0 radical (unpaired) electrons. The summed E-state index contributed by atoms with van der Waals surface area (Å²) in [7, 11) is 0. The number of nitrogens with zero attached hydrogens (tertiary/aromatic N) is 4. The SMILES string of the molecule is NCCN1CCN(c2ncnc3c2CCCCC3)CC1. The van der Waals surface area contributed by atoms with E-state index in [-0.39, 0.29) is 0 Å². The Morgan fingerprint density at radius 3 is 2.60 bits per heavy atom. The molecule has 0 atom stereocenters. The van der Waals surface area contributed by atoms with Crippen LogP contribution in [0, 0.1) is 0 Å². The van der Waals surface area contributed by atoms with Crippen LogP contribution in [0.15, 0.2) is 6.33 Å². The van der Waals surface area contributed by atoms with Crippen molar-refractivity contribution in [3.05, 3.63) is 17.6 Å². The molecule has 1 fully saturated rings. The van der Waals surface area contributed by atoms with Gasteiger partial charge in [-0.1, -0.05) is 6.42 Å². The maximum atomic E-state index is 5.64. The van der Waals surface area contributed by atoms with Crippen molar-refractivity contribution in [1.29, 1.82) is 0 Å². The molecular weight excluding hydrogens is 250 g/mol. The highest BCUT2D eigenvalue weighted by Gasteiger charge is 2.22. The fraction of sp³-hybridized carbons (Fsp3) is 0.733. The molecule has 2 aliphatic rings. The van der Waals surface area contributed by atoms with E-state index < -0.39 is 0 Å². The minimum absolute atomic E-state index is 0.753. The largest absolute Gasteiger partial charge is 0.354 e. The highest BCUT2D eigenvalue weighted by molar-refractivity contribution is 5.49. The Balaban J connectivity index is 1.74. The van der Waals surface area contributed by atoms with E-state index >= 15 is 0 Å². The Morgan fingerprint density at radius 1 is 1.00 bits per heavy atom. The van der Waals surface area contributed by atoms with Gasteiger partial charge in [0.25, 0.3) is 0 Å². The predicted octanol–water partition coefficient (Wildman–Crippen LogP) is 0.826. The van der Waals surface area contributed by atoms with Crippen LogP contribution < -0.4 is 10.6 Å². The average molecular weight is 275 g/mol. The van der Waals surface area contributed by atoms with Crippen molar-refractivity contribution in [2.75, 3.05) is 44.2 Å². The Hall–Kier alpha value is -1.20. The van der Waals surface area contributed by atoms with Crippen LogP contribution in [0.1, 0.15) is 30.5 Å². The molecule has 0 bridgehead atoms. The van der Waals surface area contributed by atoms with E-state index in [1.54, 1.807) is 6.33 Å². The van der Waals surface area contributed by atoms with Crippen LogP contribution in [-0.2, 0) is 12.8 Å². The van der Waals surface area contributed by atoms with E-state index in [0.717, 1.165) is 52.1 Å². The van der Waals surface area contributed by atoms with E-state index in [0.29, 0.717) is 0 Å². The zero-order chi connectivity index (χ0) is 13.8. The summed E-state index contributed by atoms with van der Waals surface area (Å²) in [5.41, 5.74) is 8.34. The molecule has 5 nitrogen and oxygen atoms in total. The summed E-state index contributed by atoms with van der Waals surface area (Å²) in [5.74, 6) is 1.20. The lowest BCUT2D eigenvalue weighted by Gasteiger charge is -2.36. The van der Waals surface area contributed by atoms with Crippen molar-refractivity contribution < 1.29 is 0 Å². The lowest BCUT2D eigenvalue weighted by molar-refractivity contribution is 0.264. The molecule has 1 aliphatic carbocycles. The van der Waals surface area contributed by atoms with Crippen molar-refractivity contribution in [2.45, 2.75) is 32.1 Å². The summed E-state index contributed by atoms with van der Waals surface area (Å²) in [5, 5.41) is 0. The molecule has 2 N–H and O–H groups in total.